The number of carbonyl (C=O) groups is 1. The van der Waals surface area contributed by atoms with Gasteiger partial charge in [0, 0.05) is 11.5 Å². The lowest BCUT2D eigenvalue weighted by Crippen LogP contribution is -2.24. The molecule has 0 aromatic heterocycles. The van der Waals surface area contributed by atoms with Gasteiger partial charge in [-0.05, 0) is 56.9 Å². The lowest BCUT2D eigenvalue weighted by Gasteiger charge is -2.24. The maximum atomic E-state index is 12.1. The van der Waals surface area contributed by atoms with Gasteiger partial charge >= 0.3 is 5.97 Å². The van der Waals surface area contributed by atoms with Gasteiger partial charge in [0.2, 0.25) is 0 Å². The first kappa shape index (κ1) is 14.2. The minimum Gasteiger partial charge on any atom is -0.493 e. The molecule has 2 aliphatic rings. The van der Waals surface area contributed by atoms with Crippen LogP contribution in [0.25, 0.3) is 5.57 Å². The Hall–Kier alpha value is -1.77. The van der Waals surface area contributed by atoms with Crippen molar-refractivity contribution in [3.8, 4) is 5.75 Å². The van der Waals surface area contributed by atoms with Crippen LogP contribution in [0.15, 0.2) is 18.2 Å². The Balaban J connectivity index is 1.90. The van der Waals surface area contributed by atoms with Crippen molar-refractivity contribution >= 4 is 11.5 Å². The van der Waals surface area contributed by atoms with Gasteiger partial charge in [0.1, 0.15) is 11.4 Å². The van der Waals surface area contributed by atoms with E-state index in [4.69, 9.17) is 9.47 Å². The molecule has 3 nitrogen and oxygen atoms in total. The second-order valence-electron chi connectivity index (χ2n) is 6.91. The van der Waals surface area contributed by atoms with Crippen molar-refractivity contribution in [1.82, 2.24) is 0 Å². The zero-order chi connectivity index (χ0) is 15.2. The smallest absolute Gasteiger partial charge is 0.310 e. The highest BCUT2D eigenvalue weighted by Crippen LogP contribution is 2.46. The molecular weight excluding hydrogens is 264 g/mol. The normalized spacial score (nSPS) is 19.6. The van der Waals surface area contributed by atoms with Crippen LogP contribution in [-0.2, 0) is 9.53 Å². The molecule has 1 aromatic rings. The van der Waals surface area contributed by atoms with E-state index < -0.39 is 5.60 Å². The summed E-state index contributed by atoms with van der Waals surface area (Å²) in [6.45, 7) is 8.54. The van der Waals surface area contributed by atoms with Gasteiger partial charge in [0.25, 0.3) is 0 Å². The topological polar surface area (TPSA) is 35.5 Å². The highest BCUT2D eigenvalue weighted by atomic mass is 16.6. The molecule has 3 heteroatoms. The molecule has 1 heterocycles. The Bertz CT molecular complexity index is 620. The van der Waals surface area contributed by atoms with Gasteiger partial charge in [-0.25, -0.2) is 0 Å². The van der Waals surface area contributed by atoms with Crippen molar-refractivity contribution in [3.63, 3.8) is 0 Å². The maximum absolute atomic E-state index is 12.1. The van der Waals surface area contributed by atoms with Crippen LogP contribution < -0.4 is 4.74 Å². The lowest BCUT2D eigenvalue weighted by molar-refractivity contribution is -0.153. The summed E-state index contributed by atoms with van der Waals surface area (Å²) in [7, 11) is 0. The average Bonchev–Trinajstić information content (AvgIpc) is 2.77. The highest BCUT2D eigenvalue weighted by molar-refractivity contribution is 5.88. The molecule has 0 radical (unpaired) electrons. The molecule has 0 saturated carbocycles. The SMILES string of the molecule is Cc1ccc2c3c1C(CC(=O)OC(C)(C)C)=CC[C@@H]3CO2. The molecule has 0 N–H and O–H groups in total. The van der Waals surface area contributed by atoms with Gasteiger partial charge in [0.15, 0.2) is 0 Å². The minimum absolute atomic E-state index is 0.164. The summed E-state index contributed by atoms with van der Waals surface area (Å²) >= 11 is 0. The minimum atomic E-state index is -0.439. The van der Waals surface area contributed by atoms with Crippen LogP contribution in [0, 0.1) is 6.92 Å². The molecule has 1 aromatic carbocycles. The summed E-state index contributed by atoms with van der Waals surface area (Å²) in [4.78, 5) is 12.1. The van der Waals surface area contributed by atoms with Crippen LogP contribution in [-0.4, -0.2) is 18.2 Å². The van der Waals surface area contributed by atoms with Gasteiger partial charge in [-0.3, -0.25) is 4.79 Å². The fourth-order valence-electron chi connectivity index (χ4n) is 3.21. The molecule has 0 bridgehead atoms. The van der Waals surface area contributed by atoms with E-state index in [0.717, 1.165) is 24.4 Å². The number of rotatable bonds is 2. The van der Waals surface area contributed by atoms with Crippen LogP contribution in [0.2, 0.25) is 0 Å². The molecule has 0 fully saturated rings. The third kappa shape index (κ3) is 2.69. The zero-order valence-electron chi connectivity index (χ0n) is 13.2. The number of hydrogen-bond acceptors (Lipinski definition) is 3. The molecule has 112 valence electrons. The average molecular weight is 286 g/mol. The Kier molecular flexibility index (Phi) is 3.31. The van der Waals surface area contributed by atoms with E-state index in [-0.39, 0.29) is 5.97 Å². The Labute approximate surface area is 125 Å². The van der Waals surface area contributed by atoms with Crippen LogP contribution in [0.4, 0.5) is 0 Å². The van der Waals surface area contributed by atoms with E-state index in [0.29, 0.717) is 12.3 Å². The summed E-state index contributed by atoms with van der Waals surface area (Å²) in [5.74, 6) is 1.26. The second-order valence-corrected chi connectivity index (χ2v) is 6.91. The largest absolute Gasteiger partial charge is 0.493 e. The van der Waals surface area contributed by atoms with Crippen molar-refractivity contribution in [3.05, 3.63) is 34.9 Å². The van der Waals surface area contributed by atoms with Crippen molar-refractivity contribution in [2.45, 2.75) is 52.1 Å². The molecule has 1 aliphatic carbocycles. The van der Waals surface area contributed by atoms with E-state index in [1.165, 1.54) is 16.7 Å². The zero-order valence-corrected chi connectivity index (χ0v) is 13.2. The van der Waals surface area contributed by atoms with Crippen LogP contribution in [0.5, 0.6) is 5.75 Å². The first-order chi connectivity index (χ1) is 9.85. The highest BCUT2D eigenvalue weighted by Gasteiger charge is 2.32. The summed E-state index contributed by atoms with van der Waals surface area (Å²) in [5, 5.41) is 0. The van der Waals surface area contributed by atoms with E-state index in [9.17, 15) is 4.79 Å². The molecule has 0 unspecified atom stereocenters. The first-order valence-corrected chi connectivity index (χ1v) is 7.53. The van der Waals surface area contributed by atoms with E-state index in [1.807, 2.05) is 26.8 Å². The number of allylic oxidation sites excluding steroid dienone is 1. The van der Waals surface area contributed by atoms with Crippen LogP contribution in [0.3, 0.4) is 0 Å². The Morgan fingerprint density at radius 2 is 2.14 bits per heavy atom. The van der Waals surface area contributed by atoms with Gasteiger partial charge in [-0.2, -0.15) is 0 Å². The Morgan fingerprint density at radius 3 is 2.86 bits per heavy atom. The quantitative estimate of drug-likeness (QED) is 0.771. The summed E-state index contributed by atoms with van der Waals surface area (Å²) in [5.41, 5.74) is 4.34. The molecule has 0 spiro atoms. The fraction of sp³-hybridized carbons (Fsp3) is 0.500. The number of ether oxygens (including phenoxy) is 2. The maximum Gasteiger partial charge on any atom is 0.310 e. The summed E-state index contributed by atoms with van der Waals surface area (Å²) < 4.78 is 11.2. The number of hydrogen-bond donors (Lipinski definition) is 0. The van der Waals surface area contributed by atoms with Gasteiger partial charge < -0.3 is 9.47 Å². The third-order valence-electron chi connectivity index (χ3n) is 3.99. The van der Waals surface area contributed by atoms with E-state index in [2.05, 4.69) is 19.1 Å². The summed E-state index contributed by atoms with van der Waals surface area (Å²) in [6.07, 6.45) is 3.46. The summed E-state index contributed by atoms with van der Waals surface area (Å²) in [6, 6.07) is 4.12. The van der Waals surface area contributed by atoms with Gasteiger partial charge in [0.05, 0.1) is 13.0 Å². The van der Waals surface area contributed by atoms with Crippen molar-refractivity contribution in [1.29, 1.82) is 0 Å². The van der Waals surface area contributed by atoms with Crippen molar-refractivity contribution < 1.29 is 14.3 Å². The van der Waals surface area contributed by atoms with Crippen LogP contribution in [0.1, 0.15) is 56.2 Å². The number of benzene rings is 1. The molecular formula is C18H22O3. The molecule has 21 heavy (non-hydrogen) atoms. The van der Waals surface area contributed by atoms with Crippen molar-refractivity contribution in [2.24, 2.45) is 0 Å². The molecule has 1 aliphatic heterocycles. The molecule has 0 amide bonds. The van der Waals surface area contributed by atoms with Gasteiger partial charge in [-0.15, -0.1) is 0 Å². The molecule has 0 saturated heterocycles. The van der Waals surface area contributed by atoms with Crippen molar-refractivity contribution in [2.75, 3.05) is 6.61 Å². The predicted octanol–water partition coefficient (Wildman–Crippen LogP) is 3.99. The van der Waals surface area contributed by atoms with Gasteiger partial charge in [-0.1, -0.05) is 12.1 Å². The predicted molar refractivity (Wildman–Crippen MR) is 82.5 cm³/mol. The Morgan fingerprint density at radius 1 is 1.38 bits per heavy atom. The van der Waals surface area contributed by atoms with Crippen LogP contribution >= 0.6 is 0 Å². The van der Waals surface area contributed by atoms with E-state index in [1.54, 1.807) is 0 Å². The third-order valence-corrected chi connectivity index (χ3v) is 3.99. The monoisotopic (exact) mass is 286 g/mol. The number of aryl methyl sites for hydroxylation is 1. The second kappa shape index (κ2) is 4.90. The fourth-order valence-corrected chi connectivity index (χ4v) is 3.21. The first-order valence-electron chi connectivity index (χ1n) is 7.53. The lowest BCUT2D eigenvalue weighted by atomic mass is 9.81. The molecule has 1 atom stereocenters. The number of carbonyl (C=O) groups excluding carboxylic acids is 1. The molecule has 3 rings (SSSR count). The standard InChI is InChI=1S/C18H22O3/c1-11-5-8-14-17-13(10-20-14)7-6-12(16(11)17)9-15(19)21-18(2,3)4/h5-6,8,13H,7,9-10H2,1-4H3/t13-/m1/s1. The van der Waals surface area contributed by atoms with E-state index >= 15 is 0 Å². The number of esters is 1.